The van der Waals surface area contributed by atoms with Gasteiger partial charge in [0.15, 0.2) is 0 Å². The number of hydrogen-bond acceptors (Lipinski definition) is 4. The van der Waals surface area contributed by atoms with Crippen LogP contribution in [0.15, 0.2) is 48.5 Å². The van der Waals surface area contributed by atoms with Crippen LogP contribution in [0.5, 0.6) is 0 Å². The topological polar surface area (TPSA) is 80.2 Å². The fraction of sp³-hybridized carbons (Fsp3) is 0.375. The number of rotatable bonds is 7. The van der Waals surface area contributed by atoms with Crippen LogP contribution in [0.25, 0.3) is 0 Å². The van der Waals surface area contributed by atoms with Gasteiger partial charge in [-0.05, 0) is 19.1 Å². The molecule has 0 spiro atoms. The summed E-state index contributed by atoms with van der Waals surface area (Å²) in [6, 6.07) is 15.3. The highest BCUT2D eigenvalue weighted by atomic mass is 16.5. The van der Waals surface area contributed by atoms with E-state index in [1.807, 2.05) is 0 Å². The quantitative estimate of drug-likeness (QED) is 0.646. The molecule has 2 heterocycles. The minimum atomic E-state index is -0.330. The number of quaternary nitrogens is 1. The normalized spacial score (nSPS) is 17.5. The maximum Gasteiger partial charge on any atom is 0.261 e. The Balaban J connectivity index is 1.35. The lowest BCUT2D eigenvalue weighted by atomic mass is 10.0. The lowest BCUT2D eigenvalue weighted by molar-refractivity contribution is -0.937. The second-order valence-corrected chi connectivity index (χ2v) is 8.10. The predicted octanol–water partition coefficient (Wildman–Crippen LogP) is 0.754. The molecule has 0 saturated carbocycles. The van der Waals surface area contributed by atoms with Gasteiger partial charge in [-0.3, -0.25) is 19.3 Å². The summed E-state index contributed by atoms with van der Waals surface area (Å²) in [6.45, 7) is 5.85. The number of ether oxygens (including phenoxy) is 1. The number of amides is 3. The van der Waals surface area contributed by atoms with Crippen molar-refractivity contribution in [2.24, 2.45) is 0 Å². The number of imide groups is 1. The van der Waals surface area contributed by atoms with E-state index in [4.69, 9.17) is 4.74 Å². The summed E-state index contributed by atoms with van der Waals surface area (Å²) < 4.78 is 5.50. The first-order valence-electron chi connectivity index (χ1n) is 10.8. The van der Waals surface area contributed by atoms with Gasteiger partial charge in [-0.2, -0.15) is 0 Å². The van der Waals surface area contributed by atoms with Gasteiger partial charge in [0.2, 0.25) is 5.91 Å². The number of carbonyl (C=O) groups is 3. The van der Waals surface area contributed by atoms with Crippen LogP contribution in [0.2, 0.25) is 0 Å². The first kappa shape index (κ1) is 21.2. The Labute approximate surface area is 182 Å². The Bertz CT molecular complexity index is 932. The van der Waals surface area contributed by atoms with E-state index in [9.17, 15) is 14.4 Å². The largest absolute Gasteiger partial charge is 0.370 e. The van der Waals surface area contributed by atoms with Crippen LogP contribution in [0.4, 0.5) is 0 Å². The van der Waals surface area contributed by atoms with Gasteiger partial charge >= 0.3 is 0 Å². The van der Waals surface area contributed by atoms with E-state index in [2.05, 4.69) is 36.5 Å². The lowest BCUT2D eigenvalue weighted by Gasteiger charge is -2.32. The van der Waals surface area contributed by atoms with E-state index in [1.165, 1.54) is 16.0 Å². The lowest BCUT2D eigenvalue weighted by Crippen LogP contribution is -3.15. The van der Waals surface area contributed by atoms with Crippen molar-refractivity contribution in [3.63, 3.8) is 0 Å². The highest BCUT2D eigenvalue weighted by Gasteiger charge is 2.35. The molecule has 2 aliphatic rings. The van der Waals surface area contributed by atoms with Crippen molar-refractivity contribution in [2.45, 2.75) is 19.4 Å². The van der Waals surface area contributed by atoms with E-state index in [0.717, 1.165) is 18.0 Å². The summed E-state index contributed by atoms with van der Waals surface area (Å²) in [5, 5.41) is 3.02. The molecule has 4 rings (SSSR count). The van der Waals surface area contributed by atoms with Crippen molar-refractivity contribution in [3.05, 3.63) is 70.8 Å². The molecule has 1 saturated heterocycles. The molecule has 31 heavy (non-hydrogen) atoms. The molecule has 0 unspecified atom stereocenters. The van der Waals surface area contributed by atoms with E-state index in [-0.39, 0.29) is 36.7 Å². The summed E-state index contributed by atoms with van der Waals surface area (Å²) in [4.78, 5) is 40.0. The van der Waals surface area contributed by atoms with E-state index in [1.54, 1.807) is 24.3 Å². The molecule has 7 heteroatoms. The molecular formula is C24H28N3O4+. The van der Waals surface area contributed by atoms with E-state index >= 15 is 0 Å². The van der Waals surface area contributed by atoms with Crippen LogP contribution in [-0.4, -0.2) is 62.0 Å². The van der Waals surface area contributed by atoms with Crippen LogP contribution in [0.3, 0.4) is 0 Å². The molecule has 3 amide bonds. The Morgan fingerprint density at radius 3 is 2.26 bits per heavy atom. The van der Waals surface area contributed by atoms with Crippen LogP contribution in [-0.2, 0) is 9.53 Å². The van der Waals surface area contributed by atoms with E-state index in [0.29, 0.717) is 30.9 Å². The summed E-state index contributed by atoms with van der Waals surface area (Å²) >= 11 is 0. The van der Waals surface area contributed by atoms with Gasteiger partial charge in [0.05, 0.1) is 30.9 Å². The zero-order valence-corrected chi connectivity index (χ0v) is 17.7. The predicted molar refractivity (Wildman–Crippen MR) is 115 cm³/mol. The number of hydrogen-bond donors (Lipinski definition) is 2. The third-order valence-corrected chi connectivity index (χ3v) is 6.05. The monoisotopic (exact) mass is 422 g/mol. The smallest absolute Gasteiger partial charge is 0.261 e. The molecule has 0 aromatic heterocycles. The first-order chi connectivity index (χ1) is 15.0. The summed E-state index contributed by atoms with van der Waals surface area (Å²) in [5.74, 6) is -0.825. The van der Waals surface area contributed by atoms with Crippen molar-refractivity contribution in [1.82, 2.24) is 10.2 Å². The molecule has 162 valence electrons. The molecule has 0 bridgehead atoms. The third kappa shape index (κ3) is 4.68. The Kier molecular flexibility index (Phi) is 6.44. The van der Waals surface area contributed by atoms with Crippen molar-refractivity contribution in [2.75, 3.05) is 39.4 Å². The number of carbonyl (C=O) groups excluding carboxylic acids is 3. The summed E-state index contributed by atoms with van der Waals surface area (Å²) in [7, 11) is 0. The Hall–Kier alpha value is -3.03. The standard InChI is InChI=1S/C24H27N3O4/c1-17-6-8-18(9-7-17)21(26-12-14-31-15-13-26)16-25-22(28)10-11-27-23(29)19-4-2-3-5-20(19)24(27)30/h2-9,21H,10-16H2,1H3,(H,25,28)/p+1/t21-/m1/s1. The number of benzene rings is 2. The minimum absolute atomic E-state index is 0.0811. The van der Waals surface area contributed by atoms with Crippen LogP contribution >= 0.6 is 0 Å². The van der Waals surface area contributed by atoms with Crippen molar-refractivity contribution in [1.29, 1.82) is 0 Å². The Morgan fingerprint density at radius 1 is 1.03 bits per heavy atom. The second-order valence-electron chi connectivity index (χ2n) is 8.10. The number of morpholine rings is 1. The summed E-state index contributed by atoms with van der Waals surface area (Å²) in [5.41, 5.74) is 3.19. The van der Waals surface area contributed by atoms with Crippen molar-refractivity contribution in [3.8, 4) is 0 Å². The number of aryl methyl sites for hydroxylation is 1. The highest BCUT2D eigenvalue weighted by molar-refractivity contribution is 6.21. The van der Waals surface area contributed by atoms with Gasteiger partial charge in [-0.25, -0.2) is 0 Å². The minimum Gasteiger partial charge on any atom is -0.370 e. The molecular weight excluding hydrogens is 394 g/mol. The van der Waals surface area contributed by atoms with Crippen LogP contribution < -0.4 is 10.2 Å². The van der Waals surface area contributed by atoms with Crippen LogP contribution in [0, 0.1) is 6.92 Å². The SMILES string of the molecule is Cc1ccc([C@@H](CNC(=O)CCN2C(=O)c3ccccc3C2=O)[NH+]2CCOCC2)cc1. The first-order valence-corrected chi connectivity index (χ1v) is 10.8. The molecule has 2 aromatic carbocycles. The molecule has 2 aromatic rings. The molecule has 7 nitrogen and oxygen atoms in total. The van der Waals surface area contributed by atoms with E-state index < -0.39 is 0 Å². The zero-order chi connectivity index (χ0) is 21.8. The molecule has 2 N–H and O–H groups in total. The highest BCUT2D eigenvalue weighted by Crippen LogP contribution is 2.22. The fourth-order valence-corrected chi connectivity index (χ4v) is 4.24. The number of nitrogens with zero attached hydrogens (tertiary/aromatic N) is 1. The van der Waals surface area contributed by atoms with Gasteiger partial charge in [0.1, 0.15) is 19.1 Å². The average Bonchev–Trinajstić information content (AvgIpc) is 3.04. The molecule has 2 aliphatic heterocycles. The van der Waals surface area contributed by atoms with Gasteiger partial charge in [-0.15, -0.1) is 0 Å². The molecule has 1 atom stereocenters. The second kappa shape index (κ2) is 9.41. The third-order valence-electron chi connectivity index (χ3n) is 6.05. The zero-order valence-electron chi connectivity index (χ0n) is 17.7. The fourth-order valence-electron chi connectivity index (χ4n) is 4.24. The van der Waals surface area contributed by atoms with Crippen molar-refractivity contribution < 1.29 is 24.0 Å². The van der Waals surface area contributed by atoms with Crippen molar-refractivity contribution >= 4 is 17.7 Å². The average molecular weight is 423 g/mol. The van der Waals surface area contributed by atoms with Gasteiger partial charge in [0, 0.05) is 18.5 Å². The van der Waals surface area contributed by atoms with Gasteiger partial charge in [0.25, 0.3) is 11.8 Å². The van der Waals surface area contributed by atoms with Gasteiger partial charge in [-0.1, -0.05) is 42.0 Å². The summed E-state index contributed by atoms with van der Waals surface area (Å²) in [6.07, 6.45) is 0.0878. The maximum atomic E-state index is 12.6. The maximum absolute atomic E-state index is 12.6. The number of nitrogens with one attached hydrogen (secondary N) is 2. The molecule has 1 fully saturated rings. The Morgan fingerprint density at radius 2 is 1.65 bits per heavy atom. The molecule has 0 radical (unpaired) electrons. The molecule has 0 aliphatic carbocycles. The van der Waals surface area contributed by atoms with Crippen LogP contribution in [0.1, 0.15) is 44.3 Å². The van der Waals surface area contributed by atoms with Gasteiger partial charge < -0.3 is 15.0 Å². The number of fused-ring (bicyclic) bond motifs is 1.